The van der Waals surface area contributed by atoms with Gasteiger partial charge in [-0.05, 0) is 41.0 Å². The van der Waals surface area contributed by atoms with Crippen LogP contribution in [0, 0.1) is 0 Å². The molecular weight excluding hydrogens is 434 g/mol. The van der Waals surface area contributed by atoms with Gasteiger partial charge in [0.1, 0.15) is 0 Å². The molecule has 0 saturated heterocycles. The summed E-state index contributed by atoms with van der Waals surface area (Å²) in [5.74, 6) is 2.86. The Morgan fingerprint density at radius 3 is 2.29 bits per heavy atom. The molecule has 0 fully saturated rings. The van der Waals surface area contributed by atoms with Gasteiger partial charge in [0.15, 0.2) is 23.0 Å². The number of fused-ring (bicyclic) bond motifs is 1. The van der Waals surface area contributed by atoms with Crippen molar-refractivity contribution in [2.24, 2.45) is 0 Å². The molecule has 180 valence electrons. The molecule has 1 unspecified atom stereocenters. The highest BCUT2D eigenvalue weighted by atomic mass is 16.7. The predicted molar refractivity (Wildman–Crippen MR) is 128 cm³/mol. The van der Waals surface area contributed by atoms with Crippen molar-refractivity contribution in [2.45, 2.75) is 25.8 Å². The standard InChI is InChI=1S/C27H31NO6/c1-30-24-10-8-21(12-26(24)31-2)14-28(15-22-9-11-25-27(13-22)34-19-33-25)16-23(29)18-32-17-20-6-4-3-5-7-20/h3-13,23,29H,14-19H2,1-2H3. The van der Waals surface area contributed by atoms with E-state index < -0.39 is 6.10 Å². The highest BCUT2D eigenvalue weighted by molar-refractivity contribution is 5.45. The molecule has 7 heteroatoms. The second-order valence-electron chi connectivity index (χ2n) is 8.20. The molecule has 0 aromatic heterocycles. The van der Waals surface area contributed by atoms with Crippen LogP contribution >= 0.6 is 0 Å². The zero-order valence-electron chi connectivity index (χ0n) is 19.6. The van der Waals surface area contributed by atoms with Crippen molar-refractivity contribution < 1.29 is 28.8 Å². The van der Waals surface area contributed by atoms with E-state index in [1.165, 1.54) is 0 Å². The second kappa shape index (κ2) is 11.7. The number of benzene rings is 3. The molecule has 1 heterocycles. The molecule has 1 atom stereocenters. The summed E-state index contributed by atoms with van der Waals surface area (Å²) in [5, 5.41) is 10.7. The molecule has 0 saturated carbocycles. The average Bonchev–Trinajstić information content (AvgIpc) is 3.32. The minimum atomic E-state index is -0.641. The molecule has 7 nitrogen and oxygen atoms in total. The van der Waals surface area contributed by atoms with Crippen LogP contribution in [0.15, 0.2) is 66.7 Å². The molecule has 0 bridgehead atoms. The van der Waals surface area contributed by atoms with E-state index in [2.05, 4.69) is 4.90 Å². The lowest BCUT2D eigenvalue weighted by Crippen LogP contribution is -2.34. The zero-order chi connectivity index (χ0) is 23.8. The van der Waals surface area contributed by atoms with Gasteiger partial charge in [0.25, 0.3) is 0 Å². The Kier molecular flexibility index (Phi) is 8.25. The smallest absolute Gasteiger partial charge is 0.231 e. The number of hydrogen-bond acceptors (Lipinski definition) is 7. The van der Waals surface area contributed by atoms with Crippen molar-refractivity contribution in [1.82, 2.24) is 4.90 Å². The van der Waals surface area contributed by atoms with Gasteiger partial charge >= 0.3 is 0 Å². The fraction of sp³-hybridized carbons (Fsp3) is 0.333. The first kappa shape index (κ1) is 23.9. The number of aliphatic hydroxyl groups is 1. The molecule has 1 N–H and O–H groups in total. The van der Waals surface area contributed by atoms with Gasteiger partial charge in [0.2, 0.25) is 6.79 Å². The lowest BCUT2D eigenvalue weighted by molar-refractivity contribution is 0.00711. The summed E-state index contributed by atoms with van der Waals surface area (Å²) >= 11 is 0. The monoisotopic (exact) mass is 465 g/mol. The largest absolute Gasteiger partial charge is 0.493 e. The fourth-order valence-corrected chi connectivity index (χ4v) is 3.96. The van der Waals surface area contributed by atoms with Crippen LogP contribution in [0.1, 0.15) is 16.7 Å². The van der Waals surface area contributed by atoms with Crippen LogP contribution in [0.4, 0.5) is 0 Å². The van der Waals surface area contributed by atoms with E-state index >= 15 is 0 Å². The van der Waals surface area contributed by atoms with Crippen LogP contribution in [0.25, 0.3) is 0 Å². The van der Waals surface area contributed by atoms with E-state index in [4.69, 9.17) is 23.7 Å². The maximum atomic E-state index is 10.7. The molecule has 1 aliphatic heterocycles. The quantitative estimate of drug-likeness (QED) is 0.433. The summed E-state index contributed by atoms with van der Waals surface area (Å²) in [6, 6.07) is 21.7. The SMILES string of the molecule is COc1ccc(CN(Cc2ccc3c(c2)OCO3)CC(O)COCc2ccccc2)cc1OC. The normalized spacial score (nSPS) is 13.2. The van der Waals surface area contributed by atoms with Crippen LogP contribution in [-0.4, -0.2) is 50.3 Å². The van der Waals surface area contributed by atoms with Crippen molar-refractivity contribution in [2.75, 3.05) is 34.2 Å². The van der Waals surface area contributed by atoms with Gasteiger partial charge in [-0.25, -0.2) is 0 Å². The van der Waals surface area contributed by atoms with Gasteiger partial charge in [-0.2, -0.15) is 0 Å². The number of ether oxygens (including phenoxy) is 5. The van der Waals surface area contributed by atoms with E-state index in [9.17, 15) is 5.11 Å². The van der Waals surface area contributed by atoms with Crippen LogP contribution in [-0.2, 0) is 24.4 Å². The predicted octanol–water partition coefficient (Wildman–Crippen LogP) is 4.01. The third-order valence-electron chi connectivity index (χ3n) is 5.59. The van der Waals surface area contributed by atoms with Gasteiger partial charge in [-0.3, -0.25) is 4.90 Å². The first-order chi connectivity index (χ1) is 16.6. The van der Waals surface area contributed by atoms with Gasteiger partial charge < -0.3 is 28.8 Å². The lowest BCUT2D eigenvalue weighted by Gasteiger charge is -2.26. The van der Waals surface area contributed by atoms with E-state index in [-0.39, 0.29) is 13.4 Å². The Morgan fingerprint density at radius 1 is 0.824 bits per heavy atom. The minimum absolute atomic E-state index is 0.242. The van der Waals surface area contributed by atoms with Gasteiger partial charge in [0.05, 0.1) is 33.5 Å². The van der Waals surface area contributed by atoms with Crippen LogP contribution < -0.4 is 18.9 Å². The highest BCUT2D eigenvalue weighted by Crippen LogP contribution is 2.33. The number of nitrogens with zero attached hydrogens (tertiary/aromatic N) is 1. The van der Waals surface area contributed by atoms with Crippen molar-refractivity contribution in [1.29, 1.82) is 0 Å². The maximum absolute atomic E-state index is 10.7. The van der Waals surface area contributed by atoms with Crippen LogP contribution in [0.2, 0.25) is 0 Å². The number of aliphatic hydroxyl groups excluding tert-OH is 1. The van der Waals surface area contributed by atoms with Crippen molar-refractivity contribution in [3.63, 3.8) is 0 Å². The van der Waals surface area contributed by atoms with Gasteiger partial charge in [-0.15, -0.1) is 0 Å². The molecule has 3 aromatic carbocycles. The number of methoxy groups -OCH3 is 2. The molecule has 4 rings (SSSR count). The topological polar surface area (TPSA) is 69.6 Å². The number of rotatable bonds is 12. The van der Waals surface area contributed by atoms with E-state index in [0.29, 0.717) is 37.7 Å². The molecule has 0 amide bonds. The van der Waals surface area contributed by atoms with Crippen molar-refractivity contribution in [3.8, 4) is 23.0 Å². The summed E-state index contributed by atoms with van der Waals surface area (Å²) in [4.78, 5) is 2.18. The first-order valence-corrected chi connectivity index (χ1v) is 11.3. The Morgan fingerprint density at radius 2 is 1.53 bits per heavy atom. The first-order valence-electron chi connectivity index (χ1n) is 11.3. The van der Waals surface area contributed by atoms with Crippen LogP contribution in [0.5, 0.6) is 23.0 Å². The third kappa shape index (κ3) is 6.41. The summed E-state index contributed by atoms with van der Waals surface area (Å²) < 4.78 is 27.5. The second-order valence-corrected chi connectivity index (χ2v) is 8.20. The Hall–Kier alpha value is -3.26. The van der Waals surface area contributed by atoms with Crippen LogP contribution in [0.3, 0.4) is 0 Å². The molecule has 1 aliphatic rings. The molecule has 0 radical (unpaired) electrons. The van der Waals surface area contributed by atoms with E-state index in [0.717, 1.165) is 28.2 Å². The average molecular weight is 466 g/mol. The van der Waals surface area contributed by atoms with Gasteiger partial charge in [-0.1, -0.05) is 42.5 Å². The maximum Gasteiger partial charge on any atom is 0.231 e. The fourth-order valence-electron chi connectivity index (χ4n) is 3.96. The molecule has 34 heavy (non-hydrogen) atoms. The number of hydrogen-bond donors (Lipinski definition) is 1. The minimum Gasteiger partial charge on any atom is -0.493 e. The summed E-state index contributed by atoms with van der Waals surface area (Å²) in [6.45, 7) is 2.64. The molecule has 0 spiro atoms. The molecule has 3 aromatic rings. The molecule has 0 aliphatic carbocycles. The van der Waals surface area contributed by atoms with Crippen molar-refractivity contribution >= 4 is 0 Å². The Labute approximate surface area is 200 Å². The summed E-state index contributed by atoms with van der Waals surface area (Å²) in [6.07, 6.45) is -0.641. The van der Waals surface area contributed by atoms with Crippen molar-refractivity contribution in [3.05, 3.63) is 83.4 Å². The Balaban J connectivity index is 1.43. The summed E-state index contributed by atoms with van der Waals surface area (Å²) in [5.41, 5.74) is 3.20. The highest BCUT2D eigenvalue weighted by Gasteiger charge is 2.18. The zero-order valence-corrected chi connectivity index (χ0v) is 19.6. The van der Waals surface area contributed by atoms with E-state index in [1.54, 1.807) is 14.2 Å². The van der Waals surface area contributed by atoms with Gasteiger partial charge in [0, 0.05) is 19.6 Å². The Bertz CT molecular complexity index is 1060. The summed E-state index contributed by atoms with van der Waals surface area (Å²) in [7, 11) is 3.25. The lowest BCUT2D eigenvalue weighted by atomic mass is 10.1. The van der Waals surface area contributed by atoms with E-state index in [1.807, 2.05) is 66.7 Å². The third-order valence-corrected chi connectivity index (χ3v) is 5.59. The molecular formula is C27H31NO6.